The summed E-state index contributed by atoms with van der Waals surface area (Å²) in [6, 6.07) is 1.89. The van der Waals surface area contributed by atoms with E-state index in [0.717, 1.165) is 24.1 Å². The van der Waals surface area contributed by atoms with Crippen molar-refractivity contribution in [2.45, 2.75) is 32.1 Å². The standard InChI is InChI=1S/C13H22N4O/c18-7-6-14-12-8-13(17-10-16-12)15-9-11-4-2-1-3-5-11/h8,10-11,18H,1-7,9H2,(H2,14,15,16,17). The second-order valence-electron chi connectivity index (χ2n) is 4.82. The van der Waals surface area contributed by atoms with Gasteiger partial charge in [0.1, 0.15) is 18.0 Å². The van der Waals surface area contributed by atoms with Crippen LogP contribution in [0.1, 0.15) is 32.1 Å². The Morgan fingerprint density at radius 3 is 2.56 bits per heavy atom. The van der Waals surface area contributed by atoms with E-state index in [1.54, 1.807) is 6.33 Å². The van der Waals surface area contributed by atoms with E-state index in [1.165, 1.54) is 32.1 Å². The summed E-state index contributed by atoms with van der Waals surface area (Å²) in [6.45, 7) is 1.62. The fourth-order valence-electron chi connectivity index (χ4n) is 2.37. The number of nitrogens with zero attached hydrogens (tertiary/aromatic N) is 2. The Morgan fingerprint density at radius 2 is 1.83 bits per heavy atom. The normalized spacial score (nSPS) is 16.5. The minimum absolute atomic E-state index is 0.106. The topological polar surface area (TPSA) is 70.1 Å². The molecule has 100 valence electrons. The number of aliphatic hydroxyl groups is 1. The molecule has 0 unspecified atom stereocenters. The van der Waals surface area contributed by atoms with Gasteiger partial charge in [-0.2, -0.15) is 0 Å². The molecule has 0 spiro atoms. The highest BCUT2D eigenvalue weighted by Crippen LogP contribution is 2.23. The summed E-state index contributed by atoms with van der Waals surface area (Å²) in [4.78, 5) is 8.31. The van der Waals surface area contributed by atoms with Crippen molar-refractivity contribution in [3.63, 3.8) is 0 Å². The summed E-state index contributed by atoms with van der Waals surface area (Å²) in [5.41, 5.74) is 0. The van der Waals surface area contributed by atoms with E-state index in [2.05, 4.69) is 20.6 Å². The van der Waals surface area contributed by atoms with Crippen molar-refractivity contribution in [2.75, 3.05) is 30.3 Å². The number of nitrogens with one attached hydrogen (secondary N) is 2. The van der Waals surface area contributed by atoms with Crippen LogP contribution in [0.5, 0.6) is 0 Å². The molecule has 1 saturated carbocycles. The maximum atomic E-state index is 8.75. The Morgan fingerprint density at radius 1 is 1.11 bits per heavy atom. The van der Waals surface area contributed by atoms with Crippen LogP contribution >= 0.6 is 0 Å². The van der Waals surface area contributed by atoms with Gasteiger partial charge < -0.3 is 15.7 Å². The SMILES string of the molecule is OCCNc1cc(NCC2CCCCC2)ncn1. The van der Waals surface area contributed by atoms with Gasteiger partial charge in [0, 0.05) is 19.2 Å². The van der Waals surface area contributed by atoms with Crippen LogP contribution in [-0.4, -0.2) is 34.8 Å². The van der Waals surface area contributed by atoms with E-state index in [9.17, 15) is 0 Å². The molecule has 0 atom stereocenters. The molecule has 1 aromatic heterocycles. The quantitative estimate of drug-likeness (QED) is 0.719. The molecule has 1 aromatic rings. The predicted octanol–water partition coefficient (Wildman–Crippen LogP) is 1.87. The first-order chi connectivity index (χ1) is 8.88. The van der Waals surface area contributed by atoms with Gasteiger partial charge in [-0.05, 0) is 18.8 Å². The third-order valence-electron chi connectivity index (χ3n) is 3.38. The summed E-state index contributed by atoms with van der Waals surface area (Å²) in [5.74, 6) is 2.39. The molecule has 1 fully saturated rings. The smallest absolute Gasteiger partial charge is 0.131 e. The lowest BCUT2D eigenvalue weighted by atomic mass is 9.89. The Balaban J connectivity index is 1.80. The van der Waals surface area contributed by atoms with Crippen molar-refractivity contribution in [2.24, 2.45) is 5.92 Å². The van der Waals surface area contributed by atoms with Gasteiger partial charge in [0.15, 0.2) is 0 Å². The molecule has 0 aliphatic heterocycles. The monoisotopic (exact) mass is 250 g/mol. The van der Waals surface area contributed by atoms with Crippen LogP contribution in [0.4, 0.5) is 11.6 Å². The summed E-state index contributed by atoms with van der Waals surface area (Å²) in [7, 11) is 0. The van der Waals surface area contributed by atoms with Gasteiger partial charge in [-0.15, -0.1) is 0 Å². The first kappa shape index (κ1) is 13.1. The average Bonchev–Trinajstić information content (AvgIpc) is 2.44. The van der Waals surface area contributed by atoms with Crippen LogP contribution in [0, 0.1) is 5.92 Å². The van der Waals surface area contributed by atoms with Crippen LogP contribution in [0.15, 0.2) is 12.4 Å². The molecule has 1 heterocycles. The molecule has 0 radical (unpaired) electrons. The fourth-order valence-corrected chi connectivity index (χ4v) is 2.37. The molecule has 5 heteroatoms. The molecule has 2 rings (SSSR count). The third-order valence-corrected chi connectivity index (χ3v) is 3.38. The molecule has 0 aromatic carbocycles. The van der Waals surface area contributed by atoms with E-state index >= 15 is 0 Å². The van der Waals surface area contributed by atoms with Gasteiger partial charge in [0.2, 0.25) is 0 Å². The van der Waals surface area contributed by atoms with Crippen molar-refractivity contribution in [1.29, 1.82) is 0 Å². The maximum absolute atomic E-state index is 8.75. The molecular formula is C13H22N4O. The van der Waals surface area contributed by atoms with Crippen molar-refractivity contribution in [3.8, 4) is 0 Å². The van der Waals surface area contributed by atoms with Crippen LogP contribution in [0.3, 0.4) is 0 Å². The van der Waals surface area contributed by atoms with Gasteiger partial charge in [0.05, 0.1) is 6.61 Å². The highest BCUT2D eigenvalue weighted by atomic mass is 16.3. The summed E-state index contributed by atoms with van der Waals surface area (Å²) in [5, 5.41) is 15.2. The third kappa shape index (κ3) is 4.14. The molecule has 0 bridgehead atoms. The first-order valence-electron chi connectivity index (χ1n) is 6.79. The zero-order chi connectivity index (χ0) is 12.6. The first-order valence-corrected chi connectivity index (χ1v) is 6.79. The lowest BCUT2D eigenvalue weighted by Gasteiger charge is -2.22. The lowest BCUT2D eigenvalue weighted by Crippen LogP contribution is -2.18. The Kier molecular flexibility index (Phi) is 5.20. The number of hydrogen-bond acceptors (Lipinski definition) is 5. The molecule has 5 nitrogen and oxygen atoms in total. The van der Waals surface area contributed by atoms with Crippen LogP contribution in [0.25, 0.3) is 0 Å². The predicted molar refractivity (Wildman–Crippen MR) is 72.7 cm³/mol. The Labute approximate surface area is 108 Å². The lowest BCUT2D eigenvalue weighted by molar-refractivity contribution is 0.311. The second-order valence-corrected chi connectivity index (χ2v) is 4.82. The average molecular weight is 250 g/mol. The van der Waals surface area contributed by atoms with Crippen molar-refractivity contribution in [1.82, 2.24) is 9.97 Å². The van der Waals surface area contributed by atoms with E-state index < -0.39 is 0 Å². The number of hydrogen-bond donors (Lipinski definition) is 3. The Hall–Kier alpha value is -1.36. The molecule has 1 aliphatic carbocycles. The van der Waals surface area contributed by atoms with Crippen molar-refractivity contribution in [3.05, 3.63) is 12.4 Å². The van der Waals surface area contributed by atoms with Gasteiger partial charge in [-0.3, -0.25) is 0 Å². The highest BCUT2D eigenvalue weighted by Gasteiger charge is 2.13. The van der Waals surface area contributed by atoms with Crippen molar-refractivity contribution >= 4 is 11.6 Å². The summed E-state index contributed by atoms with van der Waals surface area (Å²) in [6.07, 6.45) is 8.31. The zero-order valence-electron chi connectivity index (χ0n) is 10.7. The molecule has 18 heavy (non-hydrogen) atoms. The van der Waals surface area contributed by atoms with Crippen LogP contribution < -0.4 is 10.6 Å². The second kappa shape index (κ2) is 7.16. The molecule has 0 amide bonds. The van der Waals surface area contributed by atoms with Gasteiger partial charge >= 0.3 is 0 Å². The van der Waals surface area contributed by atoms with E-state index in [1.807, 2.05) is 6.07 Å². The summed E-state index contributed by atoms with van der Waals surface area (Å²) >= 11 is 0. The fraction of sp³-hybridized carbons (Fsp3) is 0.692. The van der Waals surface area contributed by atoms with Gasteiger partial charge in [-0.25, -0.2) is 9.97 Å². The number of anilines is 2. The number of aliphatic hydroxyl groups excluding tert-OH is 1. The molecule has 3 N–H and O–H groups in total. The molecule has 0 saturated heterocycles. The summed E-state index contributed by atoms with van der Waals surface area (Å²) < 4.78 is 0. The van der Waals surface area contributed by atoms with Crippen molar-refractivity contribution < 1.29 is 5.11 Å². The van der Waals surface area contributed by atoms with Crippen LogP contribution in [-0.2, 0) is 0 Å². The highest BCUT2D eigenvalue weighted by molar-refractivity contribution is 5.46. The van der Waals surface area contributed by atoms with E-state index in [4.69, 9.17) is 5.11 Å². The van der Waals surface area contributed by atoms with Crippen LogP contribution in [0.2, 0.25) is 0 Å². The number of aromatic nitrogens is 2. The van der Waals surface area contributed by atoms with Gasteiger partial charge in [0.25, 0.3) is 0 Å². The van der Waals surface area contributed by atoms with Gasteiger partial charge in [-0.1, -0.05) is 19.3 Å². The number of rotatable bonds is 6. The largest absolute Gasteiger partial charge is 0.395 e. The van der Waals surface area contributed by atoms with E-state index in [0.29, 0.717) is 6.54 Å². The molecule has 1 aliphatic rings. The maximum Gasteiger partial charge on any atom is 0.131 e. The minimum Gasteiger partial charge on any atom is -0.395 e. The minimum atomic E-state index is 0.106. The Bertz CT molecular complexity index is 353. The molecular weight excluding hydrogens is 228 g/mol. The van der Waals surface area contributed by atoms with E-state index in [-0.39, 0.29) is 6.61 Å². The zero-order valence-corrected chi connectivity index (χ0v) is 10.7.